The minimum absolute atomic E-state index is 0.506. The van der Waals surface area contributed by atoms with Crippen LogP contribution in [-0.2, 0) is 9.57 Å². The standard InChI is InChI=1S/C8H16BrNO3/c1-8(2,3)12-7(11)13-10-6-4-5-9/h10H,4-6H2,1-3H3. The van der Waals surface area contributed by atoms with Crippen molar-refractivity contribution in [1.29, 1.82) is 0 Å². The van der Waals surface area contributed by atoms with Gasteiger partial charge in [0.05, 0.1) is 0 Å². The Morgan fingerprint density at radius 3 is 2.54 bits per heavy atom. The second-order valence-corrected chi connectivity index (χ2v) is 4.30. The highest BCUT2D eigenvalue weighted by atomic mass is 79.9. The highest BCUT2D eigenvalue weighted by Crippen LogP contribution is 2.07. The van der Waals surface area contributed by atoms with Gasteiger partial charge in [-0.2, -0.15) is 0 Å². The van der Waals surface area contributed by atoms with E-state index in [1.165, 1.54) is 0 Å². The van der Waals surface area contributed by atoms with Crippen LogP contribution in [0.25, 0.3) is 0 Å². The molecule has 13 heavy (non-hydrogen) atoms. The van der Waals surface area contributed by atoms with Crippen LogP contribution in [0.4, 0.5) is 4.79 Å². The van der Waals surface area contributed by atoms with Gasteiger partial charge in [-0.25, -0.2) is 4.79 Å². The first-order valence-corrected chi connectivity index (χ1v) is 5.26. The predicted octanol–water partition coefficient (Wildman–Crippen LogP) is 2.23. The number of rotatable bonds is 4. The summed E-state index contributed by atoms with van der Waals surface area (Å²) in [6.45, 7) is 5.97. The van der Waals surface area contributed by atoms with Crippen molar-refractivity contribution in [3.05, 3.63) is 0 Å². The lowest BCUT2D eigenvalue weighted by Crippen LogP contribution is -2.29. The Balaban J connectivity index is 3.41. The van der Waals surface area contributed by atoms with Crippen LogP contribution >= 0.6 is 15.9 Å². The van der Waals surface area contributed by atoms with E-state index in [1.807, 2.05) is 0 Å². The van der Waals surface area contributed by atoms with Crippen molar-refractivity contribution in [2.45, 2.75) is 32.8 Å². The molecule has 4 nitrogen and oxygen atoms in total. The molecule has 0 aliphatic heterocycles. The van der Waals surface area contributed by atoms with Gasteiger partial charge >= 0.3 is 6.16 Å². The third-order valence-corrected chi connectivity index (χ3v) is 1.52. The zero-order valence-electron chi connectivity index (χ0n) is 8.22. The maximum atomic E-state index is 10.9. The van der Waals surface area contributed by atoms with Gasteiger partial charge in [0.15, 0.2) is 0 Å². The summed E-state index contributed by atoms with van der Waals surface area (Å²) in [6.07, 6.45) is 0.199. The summed E-state index contributed by atoms with van der Waals surface area (Å²) in [5, 5.41) is 0.873. The summed E-state index contributed by atoms with van der Waals surface area (Å²) in [5.74, 6) is 0. The van der Waals surface area contributed by atoms with Crippen LogP contribution in [0.3, 0.4) is 0 Å². The molecule has 0 saturated carbocycles. The number of halogens is 1. The van der Waals surface area contributed by atoms with Gasteiger partial charge in [0.25, 0.3) is 0 Å². The maximum Gasteiger partial charge on any atom is 0.528 e. The summed E-state index contributed by atoms with van der Waals surface area (Å²) >= 11 is 3.25. The minimum atomic E-state index is -0.693. The van der Waals surface area contributed by atoms with Crippen LogP contribution in [0.5, 0.6) is 0 Å². The number of ether oxygens (including phenoxy) is 1. The predicted molar refractivity (Wildman–Crippen MR) is 53.7 cm³/mol. The number of hydrogen-bond donors (Lipinski definition) is 1. The molecule has 0 atom stereocenters. The third kappa shape index (κ3) is 9.63. The normalized spacial score (nSPS) is 11.1. The lowest BCUT2D eigenvalue weighted by molar-refractivity contribution is -0.0317. The second-order valence-electron chi connectivity index (χ2n) is 3.50. The van der Waals surface area contributed by atoms with E-state index in [9.17, 15) is 4.79 Å². The molecule has 1 N–H and O–H groups in total. The van der Waals surface area contributed by atoms with E-state index in [-0.39, 0.29) is 0 Å². The van der Waals surface area contributed by atoms with Crippen molar-refractivity contribution in [3.63, 3.8) is 0 Å². The Morgan fingerprint density at radius 1 is 1.46 bits per heavy atom. The van der Waals surface area contributed by atoms with Gasteiger partial charge in [0, 0.05) is 11.9 Å². The third-order valence-electron chi connectivity index (χ3n) is 0.957. The van der Waals surface area contributed by atoms with E-state index in [0.29, 0.717) is 6.54 Å². The molecular formula is C8H16BrNO3. The summed E-state index contributed by atoms with van der Waals surface area (Å²) in [5.41, 5.74) is 2.00. The van der Waals surface area contributed by atoms with Crippen LogP contribution < -0.4 is 5.48 Å². The highest BCUT2D eigenvalue weighted by Gasteiger charge is 2.17. The van der Waals surface area contributed by atoms with Gasteiger partial charge in [-0.05, 0) is 27.2 Å². The van der Waals surface area contributed by atoms with Crippen LogP contribution in [0.1, 0.15) is 27.2 Å². The molecular weight excluding hydrogens is 238 g/mol. The molecule has 0 heterocycles. The van der Waals surface area contributed by atoms with Gasteiger partial charge < -0.3 is 9.57 Å². The molecule has 0 aliphatic carbocycles. The van der Waals surface area contributed by atoms with Crippen LogP contribution in [0, 0.1) is 0 Å². The van der Waals surface area contributed by atoms with Crippen molar-refractivity contribution in [2.75, 3.05) is 11.9 Å². The van der Waals surface area contributed by atoms with Gasteiger partial charge in [0.2, 0.25) is 0 Å². The first-order valence-electron chi connectivity index (χ1n) is 4.14. The van der Waals surface area contributed by atoms with E-state index < -0.39 is 11.8 Å². The average Bonchev–Trinajstić information content (AvgIpc) is 1.94. The lowest BCUT2D eigenvalue weighted by Gasteiger charge is -2.18. The number of carbonyl (C=O) groups is 1. The zero-order valence-corrected chi connectivity index (χ0v) is 9.81. The molecule has 0 rings (SSSR count). The Bertz CT molecular complexity index is 156. The molecule has 0 aliphatic rings. The molecule has 78 valence electrons. The largest absolute Gasteiger partial charge is 0.528 e. The van der Waals surface area contributed by atoms with Crippen LogP contribution in [-0.4, -0.2) is 23.6 Å². The first-order chi connectivity index (χ1) is 5.95. The first kappa shape index (κ1) is 12.7. The second kappa shape index (κ2) is 6.21. The van der Waals surface area contributed by atoms with E-state index >= 15 is 0 Å². The quantitative estimate of drug-likeness (QED) is 0.361. The van der Waals surface area contributed by atoms with Crippen molar-refractivity contribution in [1.82, 2.24) is 5.48 Å². The van der Waals surface area contributed by atoms with Crippen molar-refractivity contribution < 1.29 is 14.4 Å². The Hall–Kier alpha value is -0.290. The van der Waals surface area contributed by atoms with E-state index in [0.717, 1.165) is 11.8 Å². The molecule has 0 spiro atoms. The number of hydroxylamine groups is 1. The monoisotopic (exact) mass is 253 g/mol. The number of carbonyl (C=O) groups excluding carboxylic acids is 1. The number of hydrogen-bond acceptors (Lipinski definition) is 4. The maximum absolute atomic E-state index is 10.9. The summed E-state index contributed by atoms with van der Waals surface area (Å²) < 4.78 is 4.88. The van der Waals surface area contributed by atoms with Gasteiger partial charge in [0.1, 0.15) is 5.60 Å². The zero-order chi connectivity index (χ0) is 10.3. The molecule has 0 aromatic heterocycles. The van der Waals surface area contributed by atoms with Gasteiger partial charge in [-0.3, -0.25) is 0 Å². The van der Waals surface area contributed by atoms with Crippen molar-refractivity contribution in [2.24, 2.45) is 0 Å². The SMILES string of the molecule is CC(C)(C)OC(=O)ONCCCBr. The molecule has 0 unspecified atom stereocenters. The topological polar surface area (TPSA) is 47.6 Å². The number of nitrogens with one attached hydrogen (secondary N) is 1. The average molecular weight is 254 g/mol. The minimum Gasteiger partial charge on any atom is -0.427 e. The van der Waals surface area contributed by atoms with E-state index in [2.05, 4.69) is 26.2 Å². The molecule has 0 aromatic carbocycles. The molecule has 0 bridgehead atoms. The van der Waals surface area contributed by atoms with E-state index in [4.69, 9.17) is 4.74 Å². The fourth-order valence-electron chi connectivity index (χ4n) is 0.520. The molecule has 0 saturated heterocycles. The summed E-state index contributed by atoms with van der Waals surface area (Å²) in [7, 11) is 0. The molecule has 0 radical (unpaired) electrons. The molecule has 0 amide bonds. The fraction of sp³-hybridized carbons (Fsp3) is 0.875. The highest BCUT2D eigenvalue weighted by molar-refractivity contribution is 9.09. The van der Waals surface area contributed by atoms with Crippen molar-refractivity contribution in [3.8, 4) is 0 Å². The lowest BCUT2D eigenvalue weighted by atomic mass is 10.2. The smallest absolute Gasteiger partial charge is 0.427 e. The Kier molecular flexibility index (Phi) is 6.07. The van der Waals surface area contributed by atoms with Crippen molar-refractivity contribution >= 4 is 22.1 Å². The summed E-state index contributed by atoms with van der Waals surface area (Å²) in [6, 6.07) is 0. The van der Waals surface area contributed by atoms with Crippen LogP contribution in [0.15, 0.2) is 0 Å². The molecule has 0 aromatic rings. The molecule has 0 fully saturated rings. The van der Waals surface area contributed by atoms with Crippen LogP contribution in [0.2, 0.25) is 0 Å². The molecule has 5 heteroatoms. The van der Waals surface area contributed by atoms with Gasteiger partial charge in [-0.1, -0.05) is 15.9 Å². The number of alkyl halides is 1. The van der Waals surface area contributed by atoms with E-state index in [1.54, 1.807) is 20.8 Å². The Morgan fingerprint density at radius 2 is 2.08 bits per heavy atom. The Labute approximate surface area is 87.1 Å². The van der Waals surface area contributed by atoms with Gasteiger partial charge in [-0.15, -0.1) is 5.48 Å². The fourth-order valence-corrected chi connectivity index (χ4v) is 0.800. The summed E-state index contributed by atoms with van der Waals surface area (Å²) in [4.78, 5) is 15.5.